The van der Waals surface area contributed by atoms with E-state index in [0.717, 1.165) is 15.4 Å². The molecule has 0 aromatic heterocycles. The molecule has 0 spiro atoms. The zero-order valence-corrected chi connectivity index (χ0v) is 24.8. The molecule has 0 aliphatic rings. The average molecular weight is 586 g/mol. The summed E-state index contributed by atoms with van der Waals surface area (Å²) >= 11 is 0. The molecule has 0 aliphatic carbocycles. The Bertz CT molecular complexity index is 1590. The summed E-state index contributed by atoms with van der Waals surface area (Å²) < 4.78 is 34.9. The smallest absolute Gasteiger partial charge is 0.264 e. The number of likely N-dealkylation sites (N-methyl/N-ethyl adjacent to an activating group) is 1. The Morgan fingerprint density at radius 3 is 1.98 bits per heavy atom. The van der Waals surface area contributed by atoms with E-state index in [1.54, 1.807) is 42.5 Å². The van der Waals surface area contributed by atoms with E-state index in [-0.39, 0.29) is 23.0 Å². The van der Waals surface area contributed by atoms with E-state index in [1.165, 1.54) is 24.1 Å². The lowest BCUT2D eigenvalue weighted by atomic mass is 10.1. The molecule has 1 N–H and O–H groups in total. The van der Waals surface area contributed by atoms with E-state index in [1.807, 2.05) is 68.4 Å². The summed E-state index contributed by atoms with van der Waals surface area (Å²) in [4.78, 5) is 28.4. The molecule has 9 heteroatoms. The number of nitrogens with one attached hydrogen (secondary N) is 1. The van der Waals surface area contributed by atoms with Gasteiger partial charge in [-0.15, -0.1) is 0 Å². The molecule has 0 heterocycles. The predicted octanol–water partition coefficient (Wildman–Crippen LogP) is 5.54. The van der Waals surface area contributed by atoms with Crippen LogP contribution < -0.4 is 14.4 Å². The lowest BCUT2D eigenvalue weighted by Crippen LogP contribution is -2.51. The van der Waals surface area contributed by atoms with Gasteiger partial charge in [0.25, 0.3) is 10.0 Å². The highest BCUT2D eigenvalue weighted by Crippen LogP contribution is 2.28. The third-order valence-electron chi connectivity index (χ3n) is 6.95. The summed E-state index contributed by atoms with van der Waals surface area (Å²) in [6.45, 7) is 3.40. The highest BCUT2D eigenvalue weighted by atomic mass is 32.2. The molecule has 1 atom stereocenters. The molecule has 0 bridgehead atoms. The van der Waals surface area contributed by atoms with Crippen LogP contribution in [0.25, 0.3) is 0 Å². The number of amides is 2. The third-order valence-corrected chi connectivity index (χ3v) is 8.74. The van der Waals surface area contributed by atoms with E-state index in [0.29, 0.717) is 17.9 Å². The summed E-state index contributed by atoms with van der Waals surface area (Å²) in [6, 6.07) is 30.5. The van der Waals surface area contributed by atoms with Crippen molar-refractivity contribution in [3.8, 4) is 11.5 Å². The zero-order chi connectivity index (χ0) is 30.1. The molecule has 0 saturated carbocycles. The maximum atomic E-state index is 14.1. The molecule has 0 aliphatic heterocycles. The fourth-order valence-corrected chi connectivity index (χ4v) is 6.05. The minimum atomic E-state index is -4.15. The number of para-hydroxylation sites is 1. The minimum Gasteiger partial charge on any atom is -0.457 e. The van der Waals surface area contributed by atoms with Gasteiger partial charge in [0.1, 0.15) is 24.1 Å². The maximum Gasteiger partial charge on any atom is 0.264 e. The normalized spacial score (nSPS) is 11.8. The Kier molecular flexibility index (Phi) is 9.98. The lowest BCUT2D eigenvalue weighted by molar-refractivity contribution is -0.140. The van der Waals surface area contributed by atoms with Crippen molar-refractivity contribution < 1.29 is 22.7 Å². The number of benzene rings is 4. The van der Waals surface area contributed by atoms with Gasteiger partial charge in [0.05, 0.1) is 10.6 Å². The van der Waals surface area contributed by atoms with Gasteiger partial charge in [0, 0.05) is 13.6 Å². The quantitative estimate of drug-likeness (QED) is 0.236. The molecule has 42 heavy (non-hydrogen) atoms. The molecular weight excluding hydrogens is 550 g/mol. The van der Waals surface area contributed by atoms with Gasteiger partial charge in [-0.25, -0.2) is 8.42 Å². The van der Waals surface area contributed by atoms with E-state index < -0.39 is 28.5 Å². The van der Waals surface area contributed by atoms with Gasteiger partial charge < -0.3 is 15.0 Å². The number of nitrogens with zero attached hydrogens (tertiary/aromatic N) is 2. The van der Waals surface area contributed by atoms with Gasteiger partial charge in [0.15, 0.2) is 0 Å². The monoisotopic (exact) mass is 585 g/mol. The van der Waals surface area contributed by atoms with Crippen molar-refractivity contribution in [3.05, 3.63) is 120 Å². The van der Waals surface area contributed by atoms with E-state index in [4.69, 9.17) is 4.74 Å². The number of aryl methyl sites for hydroxylation is 1. The lowest BCUT2D eigenvalue weighted by Gasteiger charge is -2.33. The summed E-state index contributed by atoms with van der Waals surface area (Å²) in [5.74, 6) is 0.332. The van der Waals surface area contributed by atoms with Gasteiger partial charge in [0.2, 0.25) is 11.8 Å². The zero-order valence-electron chi connectivity index (χ0n) is 23.9. The predicted molar refractivity (Wildman–Crippen MR) is 164 cm³/mol. The molecule has 0 fully saturated rings. The topological polar surface area (TPSA) is 96.0 Å². The number of ether oxygens (including phenoxy) is 1. The van der Waals surface area contributed by atoms with Crippen molar-refractivity contribution in [1.29, 1.82) is 0 Å². The first kappa shape index (κ1) is 30.3. The summed E-state index contributed by atoms with van der Waals surface area (Å²) in [5.41, 5.74) is 2.12. The average Bonchev–Trinajstić information content (AvgIpc) is 3.01. The molecule has 2 amide bonds. The second-order valence-electron chi connectivity index (χ2n) is 9.72. The minimum absolute atomic E-state index is 0.0474. The number of hydrogen-bond donors (Lipinski definition) is 1. The number of anilines is 1. The maximum absolute atomic E-state index is 14.1. The molecule has 0 unspecified atom stereocenters. The molecule has 4 rings (SSSR count). The number of carbonyl (C=O) groups excluding carboxylic acids is 2. The summed E-state index contributed by atoms with van der Waals surface area (Å²) in [7, 11) is -2.63. The van der Waals surface area contributed by atoms with Crippen molar-refractivity contribution in [2.45, 2.75) is 37.8 Å². The van der Waals surface area contributed by atoms with E-state index in [2.05, 4.69) is 5.32 Å². The van der Waals surface area contributed by atoms with Crippen molar-refractivity contribution >= 4 is 27.5 Å². The summed E-state index contributed by atoms with van der Waals surface area (Å²) in [6.07, 6.45) is 0.355. The van der Waals surface area contributed by atoms with Gasteiger partial charge >= 0.3 is 0 Å². The summed E-state index contributed by atoms with van der Waals surface area (Å²) in [5, 5.41) is 2.64. The van der Waals surface area contributed by atoms with E-state index >= 15 is 0 Å². The number of sulfonamides is 1. The number of rotatable bonds is 12. The van der Waals surface area contributed by atoms with Crippen LogP contribution in [0.2, 0.25) is 0 Å². The van der Waals surface area contributed by atoms with Crippen LogP contribution in [-0.4, -0.2) is 44.8 Å². The van der Waals surface area contributed by atoms with Crippen molar-refractivity contribution in [2.24, 2.45) is 0 Å². The van der Waals surface area contributed by atoms with Gasteiger partial charge in [-0.1, -0.05) is 67.6 Å². The van der Waals surface area contributed by atoms with Crippen LogP contribution >= 0.6 is 0 Å². The highest BCUT2D eigenvalue weighted by molar-refractivity contribution is 7.92. The van der Waals surface area contributed by atoms with Gasteiger partial charge in [-0.3, -0.25) is 13.9 Å². The van der Waals surface area contributed by atoms with Crippen LogP contribution in [0.4, 0.5) is 5.69 Å². The Labute approximate surface area is 247 Å². The second-order valence-corrected chi connectivity index (χ2v) is 11.6. The number of hydrogen-bond acceptors (Lipinski definition) is 5. The van der Waals surface area contributed by atoms with Crippen molar-refractivity contribution in [3.63, 3.8) is 0 Å². The Hall–Kier alpha value is -4.63. The van der Waals surface area contributed by atoms with Crippen molar-refractivity contribution in [2.75, 3.05) is 17.9 Å². The van der Waals surface area contributed by atoms with Crippen molar-refractivity contribution in [1.82, 2.24) is 10.2 Å². The molecule has 218 valence electrons. The third kappa shape index (κ3) is 7.16. The van der Waals surface area contributed by atoms with Crippen LogP contribution in [0.3, 0.4) is 0 Å². The van der Waals surface area contributed by atoms with Crippen LogP contribution in [-0.2, 0) is 26.2 Å². The van der Waals surface area contributed by atoms with Crippen LogP contribution in [0.15, 0.2) is 114 Å². The largest absolute Gasteiger partial charge is 0.457 e. The Morgan fingerprint density at radius 1 is 0.810 bits per heavy atom. The van der Waals surface area contributed by atoms with Crippen LogP contribution in [0.5, 0.6) is 11.5 Å². The molecule has 0 saturated heterocycles. The first-order valence-electron chi connectivity index (χ1n) is 13.7. The molecule has 8 nitrogen and oxygen atoms in total. The van der Waals surface area contributed by atoms with Crippen LogP contribution in [0, 0.1) is 6.92 Å². The fourth-order valence-electron chi connectivity index (χ4n) is 4.61. The first-order valence-corrected chi connectivity index (χ1v) is 15.1. The first-order chi connectivity index (χ1) is 20.2. The fraction of sp³-hybridized carbons (Fsp3) is 0.212. The molecule has 4 aromatic carbocycles. The Morgan fingerprint density at radius 2 is 1.38 bits per heavy atom. The Balaban J connectivity index is 1.72. The number of carbonyl (C=O) groups is 2. The molecule has 0 radical (unpaired) electrons. The van der Waals surface area contributed by atoms with Gasteiger partial charge in [-0.05, 0) is 73.0 Å². The van der Waals surface area contributed by atoms with Crippen LogP contribution in [0.1, 0.15) is 24.5 Å². The van der Waals surface area contributed by atoms with Gasteiger partial charge in [-0.2, -0.15) is 0 Å². The molecule has 4 aromatic rings. The van der Waals surface area contributed by atoms with E-state index in [9.17, 15) is 18.0 Å². The molecular formula is C33H35N3O5S. The standard InChI is InChI=1S/C33H35N3O5S/c1-4-31(33(38)34-3)35(23-26-14-12-11-13-25(26)2)32(37)24-36(42(39,40)30-17-9-6-10-18-30)27-19-21-29(22-20-27)41-28-15-7-5-8-16-28/h5-22,31H,4,23-24H2,1-3H3,(H,34,38)/t31-/m1/s1. The highest BCUT2D eigenvalue weighted by Gasteiger charge is 2.33. The second kappa shape index (κ2) is 13.8. The SMILES string of the molecule is CC[C@H](C(=O)NC)N(Cc1ccccc1C)C(=O)CN(c1ccc(Oc2ccccc2)cc1)S(=O)(=O)c1ccccc1.